The van der Waals surface area contributed by atoms with E-state index >= 15 is 0 Å². The molecule has 0 bridgehead atoms. The molecule has 0 unspecified atom stereocenters. The zero-order valence-corrected chi connectivity index (χ0v) is 27.7. The summed E-state index contributed by atoms with van der Waals surface area (Å²) < 4.78 is 12.0. The minimum atomic E-state index is 0.274. The van der Waals surface area contributed by atoms with Crippen LogP contribution in [0.4, 0.5) is 0 Å². The van der Waals surface area contributed by atoms with Gasteiger partial charge in [0, 0.05) is 26.2 Å². The topological polar surface area (TPSA) is 41.9 Å². The Kier molecular flexibility index (Phi) is 32.5. The predicted molar refractivity (Wildman–Crippen MR) is 176 cm³/mol. The van der Waals surface area contributed by atoms with Crippen LogP contribution in [0.5, 0.6) is 0 Å². The molecule has 1 N–H and O–H groups in total. The number of hydrogen-bond donors (Lipinski definition) is 1. The van der Waals surface area contributed by atoms with Gasteiger partial charge in [0.05, 0.1) is 18.5 Å². The number of unbranched alkanes of at least 4 members (excludes halogenated alkanes) is 16. The van der Waals surface area contributed by atoms with E-state index in [2.05, 4.69) is 32.3 Å². The van der Waals surface area contributed by atoms with E-state index in [1.54, 1.807) is 0 Å². The molecule has 0 aromatic rings. The van der Waals surface area contributed by atoms with Crippen molar-refractivity contribution in [2.45, 2.75) is 181 Å². The highest BCUT2D eigenvalue weighted by atomic mass is 16.5. The molecule has 4 heteroatoms. The molecular weight excluding hydrogens is 494 g/mol. The van der Waals surface area contributed by atoms with Crippen molar-refractivity contribution in [1.82, 2.24) is 4.90 Å². The molecule has 40 heavy (non-hydrogen) atoms. The summed E-state index contributed by atoms with van der Waals surface area (Å²) >= 11 is 0. The SMILES string of the molecule is C=C(CCCCCCCN(CCO)CCCCCCCOCCCCCCCCC)OC(CCCC)CCCC. The van der Waals surface area contributed by atoms with Crippen LogP contribution in [0.15, 0.2) is 12.3 Å². The van der Waals surface area contributed by atoms with Gasteiger partial charge in [-0.25, -0.2) is 0 Å². The standard InChI is InChI=1S/C36H73NO3/c1-5-8-11-12-13-19-24-33-39-34-25-20-15-18-23-30-37(31-32-38)29-22-17-14-16-21-26-35(4)40-36(27-9-6-2)28-10-7-3/h36,38H,4-34H2,1-3H3. The quantitative estimate of drug-likeness (QED) is 0.0620. The van der Waals surface area contributed by atoms with Crippen LogP contribution in [0.3, 0.4) is 0 Å². The Morgan fingerprint density at radius 3 is 1.52 bits per heavy atom. The van der Waals surface area contributed by atoms with Gasteiger partial charge in [-0.05, 0) is 58.0 Å². The van der Waals surface area contributed by atoms with Gasteiger partial charge >= 0.3 is 0 Å². The van der Waals surface area contributed by atoms with E-state index in [1.807, 2.05) is 0 Å². The first-order valence-electron chi connectivity index (χ1n) is 17.9. The Balaban J connectivity index is 3.64. The summed E-state index contributed by atoms with van der Waals surface area (Å²) in [7, 11) is 0. The van der Waals surface area contributed by atoms with Crippen LogP contribution < -0.4 is 0 Å². The van der Waals surface area contributed by atoms with E-state index in [-0.39, 0.29) is 6.61 Å². The molecule has 0 atom stereocenters. The van der Waals surface area contributed by atoms with Crippen LogP contribution in [0.2, 0.25) is 0 Å². The first-order chi connectivity index (χ1) is 19.7. The molecule has 4 nitrogen and oxygen atoms in total. The minimum absolute atomic E-state index is 0.274. The first-order valence-corrected chi connectivity index (χ1v) is 17.9. The number of aliphatic hydroxyl groups is 1. The van der Waals surface area contributed by atoms with Crippen molar-refractivity contribution in [1.29, 1.82) is 0 Å². The maximum absolute atomic E-state index is 9.47. The Morgan fingerprint density at radius 2 is 1.02 bits per heavy atom. The second kappa shape index (κ2) is 32.9. The highest BCUT2D eigenvalue weighted by molar-refractivity contribution is 4.84. The van der Waals surface area contributed by atoms with Gasteiger partial charge in [0.25, 0.3) is 0 Å². The fraction of sp³-hybridized carbons (Fsp3) is 0.944. The van der Waals surface area contributed by atoms with Gasteiger partial charge in [-0.2, -0.15) is 0 Å². The number of ether oxygens (including phenoxy) is 2. The molecule has 0 spiro atoms. The van der Waals surface area contributed by atoms with Crippen molar-refractivity contribution >= 4 is 0 Å². The third-order valence-corrected chi connectivity index (χ3v) is 8.09. The lowest BCUT2D eigenvalue weighted by atomic mass is 10.1. The van der Waals surface area contributed by atoms with E-state index in [0.717, 1.165) is 45.0 Å². The van der Waals surface area contributed by atoms with Crippen LogP contribution in [0.1, 0.15) is 175 Å². The third kappa shape index (κ3) is 28.9. The summed E-state index contributed by atoms with van der Waals surface area (Å²) in [5, 5.41) is 9.47. The Hall–Kier alpha value is -0.580. The van der Waals surface area contributed by atoms with E-state index in [9.17, 15) is 5.11 Å². The summed E-state index contributed by atoms with van der Waals surface area (Å²) in [4.78, 5) is 2.47. The Labute approximate surface area is 252 Å². The smallest absolute Gasteiger partial charge is 0.0982 e. The van der Waals surface area contributed by atoms with Gasteiger partial charge in [-0.15, -0.1) is 0 Å². The molecule has 0 aliphatic heterocycles. The third-order valence-electron chi connectivity index (χ3n) is 8.09. The summed E-state index contributed by atoms with van der Waals surface area (Å²) in [5.74, 6) is 1.00. The highest BCUT2D eigenvalue weighted by Gasteiger charge is 2.10. The Morgan fingerprint density at radius 1 is 0.575 bits per heavy atom. The average Bonchev–Trinajstić information content (AvgIpc) is 2.95. The molecule has 0 fully saturated rings. The molecule has 0 heterocycles. The number of rotatable bonds is 34. The van der Waals surface area contributed by atoms with Crippen molar-refractivity contribution in [3.05, 3.63) is 12.3 Å². The van der Waals surface area contributed by atoms with Gasteiger partial charge in [0.2, 0.25) is 0 Å². The van der Waals surface area contributed by atoms with E-state index < -0.39 is 0 Å². The van der Waals surface area contributed by atoms with Gasteiger partial charge < -0.3 is 19.5 Å². The number of hydrogen-bond acceptors (Lipinski definition) is 4. The number of nitrogens with zero attached hydrogens (tertiary/aromatic N) is 1. The van der Waals surface area contributed by atoms with Crippen molar-refractivity contribution in [3.63, 3.8) is 0 Å². The summed E-state index contributed by atoms with van der Waals surface area (Å²) in [6, 6.07) is 0. The van der Waals surface area contributed by atoms with Gasteiger partial charge in [-0.3, -0.25) is 0 Å². The zero-order valence-electron chi connectivity index (χ0n) is 27.7. The molecule has 0 aromatic carbocycles. The minimum Gasteiger partial charge on any atom is -0.495 e. The van der Waals surface area contributed by atoms with E-state index in [1.165, 1.54) is 148 Å². The van der Waals surface area contributed by atoms with Gasteiger partial charge in [0.1, 0.15) is 0 Å². The first kappa shape index (κ1) is 39.4. The second-order valence-electron chi connectivity index (χ2n) is 12.1. The van der Waals surface area contributed by atoms with Crippen molar-refractivity contribution in [2.24, 2.45) is 0 Å². The fourth-order valence-corrected chi connectivity index (χ4v) is 5.42. The molecule has 0 aromatic heterocycles. The van der Waals surface area contributed by atoms with Crippen molar-refractivity contribution < 1.29 is 14.6 Å². The molecule has 0 saturated heterocycles. The molecular formula is C36H73NO3. The largest absolute Gasteiger partial charge is 0.495 e. The molecule has 0 rings (SSSR count). The predicted octanol–water partition coefficient (Wildman–Crippen LogP) is 10.6. The van der Waals surface area contributed by atoms with Crippen molar-refractivity contribution in [2.75, 3.05) is 39.5 Å². The molecule has 0 amide bonds. The number of aliphatic hydroxyl groups excluding tert-OH is 1. The molecule has 0 saturated carbocycles. The van der Waals surface area contributed by atoms with Crippen LogP contribution in [-0.2, 0) is 9.47 Å². The van der Waals surface area contributed by atoms with Crippen LogP contribution in [0.25, 0.3) is 0 Å². The average molecular weight is 568 g/mol. The summed E-state index contributed by atoms with van der Waals surface area (Å²) in [5.41, 5.74) is 0. The van der Waals surface area contributed by atoms with E-state index in [4.69, 9.17) is 9.47 Å². The van der Waals surface area contributed by atoms with Gasteiger partial charge in [-0.1, -0.05) is 130 Å². The normalized spacial score (nSPS) is 11.7. The molecule has 0 aliphatic rings. The fourth-order valence-electron chi connectivity index (χ4n) is 5.42. The maximum atomic E-state index is 9.47. The maximum Gasteiger partial charge on any atom is 0.0982 e. The summed E-state index contributed by atoms with van der Waals surface area (Å²) in [6.45, 7) is 16.2. The Bertz CT molecular complexity index is 490. The highest BCUT2D eigenvalue weighted by Crippen LogP contribution is 2.19. The number of allylic oxidation sites excluding steroid dienone is 1. The molecule has 0 radical (unpaired) electrons. The lowest BCUT2D eigenvalue weighted by molar-refractivity contribution is 0.0905. The van der Waals surface area contributed by atoms with Gasteiger partial charge in [0.15, 0.2) is 0 Å². The van der Waals surface area contributed by atoms with Crippen LogP contribution in [0, 0.1) is 0 Å². The van der Waals surface area contributed by atoms with Crippen molar-refractivity contribution in [3.8, 4) is 0 Å². The van der Waals surface area contributed by atoms with E-state index in [0.29, 0.717) is 6.10 Å². The summed E-state index contributed by atoms with van der Waals surface area (Å²) in [6.07, 6.45) is 30.8. The monoisotopic (exact) mass is 568 g/mol. The molecule has 0 aliphatic carbocycles. The van der Waals surface area contributed by atoms with Crippen LogP contribution in [-0.4, -0.2) is 55.6 Å². The zero-order chi connectivity index (χ0) is 29.4. The lowest BCUT2D eigenvalue weighted by Crippen LogP contribution is -2.29. The lowest BCUT2D eigenvalue weighted by Gasteiger charge is -2.21. The second-order valence-corrected chi connectivity index (χ2v) is 12.1. The van der Waals surface area contributed by atoms with Crippen LogP contribution >= 0.6 is 0 Å². The molecule has 240 valence electrons.